The summed E-state index contributed by atoms with van der Waals surface area (Å²) in [5.74, 6) is -1.13. The van der Waals surface area contributed by atoms with Gasteiger partial charge in [-0.1, -0.05) is 41.0 Å². The van der Waals surface area contributed by atoms with Crippen LogP contribution in [-0.4, -0.2) is 39.5 Å². The summed E-state index contributed by atoms with van der Waals surface area (Å²) in [4.78, 5) is 46.9. The molecule has 4 aromatic rings. The van der Waals surface area contributed by atoms with E-state index < -0.39 is 17.7 Å². The summed E-state index contributed by atoms with van der Waals surface area (Å²) in [5.41, 5.74) is 15.7. The molecule has 5 N–H and O–H groups in total. The summed E-state index contributed by atoms with van der Waals surface area (Å²) < 4.78 is 4.59. The fourth-order valence-electron chi connectivity index (χ4n) is 5.28. The SMILES string of the molecule is NCC1CCC(C(=O)N(C(=O)[C@@H](N)Cc2cccc(-c3cnccc3Cl)c2)c2ccc(-c3noc(=O)[nH]3)cc2)CC1. The smallest absolute Gasteiger partial charge is 0.330 e. The van der Waals surface area contributed by atoms with Crippen molar-refractivity contribution in [3.63, 3.8) is 0 Å². The van der Waals surface area contributed by atoms with E-state index >= 15 is 0 Å². The second-order valence-electron chi connectivity index (χ2n) is 10.3. The molecule has 0 spiro atoms. The Balaban J connectivity index is 1.40. The number of halogens is 1. The van der Waals surface area contributed by atoms with E-state index in [9.17, 15) is 14.4 Å². The molecular weight excluding hydrogens is 544 g/mol. The lowest BCUT2D eigenvalue weighted by Gasteiger charge is -2.32. The minimum Gasteiger partial charge on any atom is -0.330 e. The number of amides is 2. The van der Waals surface area contributed by atoms with Crippen molar-refractivity contribution in [2.75, 3.05) is 11.4 Å². The highest BCUT2D eigenvalue weighted by molar-refractivity contribution is 6.33. The van der Waals surface area contributed by atoms with Crippen molar-refractivity contribution in [1.29, 1.82) is 0 Å². The maximum atomic E-state index is 13.9. The second kappa shape index (κ2) is 12.6. The average Bonchev–Trinajstić information content (AvgIpc) is 3.44. The number of H-pyrrole nitrogens is 1. The Morgan fingerprint density at radius 1 is 1.07 bits per heavy atom. The van der Waals surface area contributed by atoms with Crippen molar-refractivity contribution < 1.29 is 14.1 Å². The van der Waals surface area contributed by atoms with Gasteiger partial charge in [-0.2, -0.15) is 0 Å². The average molecular weight is 575 g/mol. The van der Waals surface area contributed by atoms with Crippen molar-refractivity contribution in [3.8, 4) is 22.5 Å². The number of nitrogens with one attached hydrogen (secondary N) is 1. The van der Waals surface area contributed by atoms with E-state index in [4.69, 9.17) is 23.1 Å². The standard InChI is InChI=1S/C30H31ClN6O4/c31-25-12-13-34-17-24(25)22-3-1-2-19(14-22)15-26(33)29(39)37(28(38)21-6-4-18(16-32)5-7-21)23-10-8-20(9-11-23)27-35-30(40)41-36-27/h1-3,8-14,17-18,21,26H,4-7,15-16,32-33H2,(H,35,36,40)/t18?,21?,26-/m0/s1. The van der Waals surface area contributed by atoms with Crippen LogP contribution in [0.1, 0.15) is 31.2 Å². The van der Waals surface area contributed by atoms with Crippen LogP contribution in [0.4, 0.5) is 5.69 Å². The Morgan fingerprint density at radius 3 is 2.49 bits per heavy atom. The summed E-state index contributed by atoms with van der Waals surface area (Å²) in [5, 5.41) is 4.26. The summed E-state index contributed by atoms with van der Waals surface area (Å²) >= 11 is 6.36. The largest absolute Gasteiger partial charge is 0.439 e. The monoisotopic (exact) mass is 574 g/mol. The van der Waals surface area contributed by atoms with Gasteiger partial charge in [0.1, 0.15) is 0 Å². The molecule has 2 amide bonds. The van der Waals surface area contributed by atoms with Gasteiger partial charge in [0.15, 0.2) is 5.82 Å². The topological polar surface area (TPSA) is 161 Å². The lowest BCUT2D eigenvalue weighted by molar-refractivity contribution is -0.130. The van der Waals surface area contributed by atoms with Crippen molar-refractivity contribution in [1.82, 2.24) is 15.1 Å². The maximum absolute atomic E-state index is 13.9. The number of anilines is 1. The van der Waals surface area contributed by atoms with Crippen LogP contribution in [0.5, 0.6) is 0 Å². The molecule has 2 heterocycles. The Kier molecular flexibility index (Phi) is 8.72. The summed E-state index contributed by atoms with van der Waals surface area (Å²) in [6, 6.07) is 14.9. The number of carbonyl (C=O) groups excluding carboxylic acids is 2. The van der Waals surface area contributed by atoms with Crippen LogP contribution in [0, 0.1) is 11.8 Å². The van der Waals surface area contributed by atoms with Gasteiger partial charge in [0, 0.05) is 29.4 Å². The molecule has 0 bridgehead atoms. The zero-order valence-electron chi connectivity index (χ0n) is 22.3. The Bertz CT molecular complexity index is 1580. The zero-order valence-corrected chi connectivity index (χ0v) is 23.1. The van der Waals surface area contributed by atoms with Gasteiger partial charge in [0.2, 0.25) is 5.91 Å². The van der Waals surface area contributed by atoms with Gasteiger partial charge < -0.3 is 11.5 Å². The van der Waals surface area contributed by atoms with Crippen molar-refractivity contribution in [3.05, 3.63) is 88.1 Å². The second-order valence-corrected chi connectivity index (χ2v) is 10.7. The number of imide groups is 1. The normalized spacial score (nSPS) is 17.6. The molecule has 0 saturated heterocycles. The van der Waals surface area contributed by atoms with Gasteiger partial charge in [0.25, 0.3) is 5.91 Å². The van der Waals surface area contributed by atoms with Crippen LogP contribution < -0.4 is 22.1 Å². The molecule has 2 aromatic heterocycles. The molecule has 2 aromatic carbocycles. The van der Waals surface area contributed by atoms with E-state index in [2.05, 4.69) is 19.6 Å². The summed E-state index contributed by atoms with van der Waals surface area (Å²) in [7, 11) is 0. The number of benzene rings is 2. The van der Waals surface area contributed by atoms with Gasteiger partial charge in [-0.3, -0.25) is 24.1 Å². The molecule has 0 unspecified atom stereocenters. The van der Waals surface area contributed by atoms with Crippen LogP contribution in [0.2, 0.25) is 5.02 Å². The third kappa shape index (κ3) is 6.45. The van der Waals surface area contributed by atoms with E-state index in [1.807, 2.05) is 24.3 Å². The Hall–Kier alpha value is -4.12. The Labute approximate surface area is 241 Å². The lowest BCUT2D eigenvalue weighted by atomic mass is 9.81. The molecular formula is C30H31ClN6O4. The highest BCUT2D eigenvalue weighted by Crippen LogP contribution is 2.32. The quantitative estimate of drug-likeness (QED) is 0.285. The molecule has 0 radical (unpaired) electrons. The number of carbonyl (C=O) groups is 2. The first-order valence-corrected chi connectivity index (χ1v) is 13.9. The lowest BCUT2D eigenvalue weighted by Crippen LogP contribution is -2.50. The summed E-state index contributed by atoms with van der Waals surface area (Å²) in [6.07, 6.45) is 6.51. The number of nitrogens with two attached hydrogens (primary N) is 2. The minimum atomic E-state index is -0.981. The maximum Gasteiger partial charge on any atom is 0.439 e. The number of pyridine rings is 1. The molecule has 41 heavy (non-hydrogen) atoms. The predicted molar refractivity (Wildman–Crippen MR) is 156 cm³/mol. The first kappa shape index (κ1) is 28.4. The predicted octanol–water partition coefficient (Wildman–Crippen LogP) is 3.94. The van der Waals surface area contributed by atoms with E-state index in [1.165, 1.54) is 4.90 Å². The number of aromatic amines is 1. The number of hydrogen-bond acceptors (Lipinski definition) is 8. The molecule has 212 valence electrons. The molecule has 11 heteroatoms. The van der Waals surface area contributed by atoms with Crippen molar-refractivity contribution in [2.24, 2.45) is 23.3 Å². The van der Waals surface area contributed by atoms with E-state index in [0.717, 1.165) is 29.5 Å². The first-order chi connectivity index (χ1) is 19.8. The highest BCUT2D eigenvalue weighted by Gasteiger charge is 2.35. The molecule has 1 aliphatic carbocycles. The van der Waals surface area contributed by atoms with E-state index in [1.54, 1.807) is 42.7 Å². The summed E-state index contributed by atoms with van der Waals surface area (Å²) in [6.45, 7) is 0.587. The third-order valence-corrected chi connectivity index (χ3v) is 7.92. The van der Waals surface area contributed by atoms with Crippen LogP contribution >= 0.6 is 11.6 Å². The number of aromatic nitrogens is 3. The van der Waals surface area contributed by atoms with Gasteiger partial charge in [0.05, 0.1) is 16.8 Å². The molecule has 1 saturated carbocycles. The van der Waals surface area contributed by atoms with Crippen LogP contribution in [-0.2, 0) is 16.0 Å². The molecule has 10 nitrogen and oxygen atoms in total. The van der Waals surface area contributed by atoms with Crippen molar-refractivity contribution in [2.45, 2.75) is 38.1 Å². The molecule has 1 aliphatic rings. The van der Waals surface area contributed by atoms with E-state index in [0.29, 0.717) is 41.6 Å². The van der Waals surface area contributed by atoms with Gasteiger partial charge >= 0.3 is 5.76 Å². The molecule has 1 atom stereocenters. The Morgan fingerprint density at radius 2 is 1.83 bits per heavy atom. The molecule has 0 aliphatic heterocycles. The highest BCUT2D eigenvalue weighted by atomic mass is 35.5. The molecule has 5 rings (SSSR count). The van der Waals surface area contributed by atoms with Crippen LogP contribution in [0.3, 0.4) is 0 Å². The van der Waals surface area contributed by atoms with Crippen molar-refractivity contribution >= 4 is 29.1 Å². The van der Waals surface area contributed by atoms with Crippen LogP contribution in [0.25, 0.3) is 22.5 Å². The minimum absolute atomic E-state index is 0.215. The first-order valence-electron chi connectivity index (χ1n) is 13.5. The van der Waals surface area contributed by atoms with Crippen LogP contribution in [0.15, 0.2) is 76.3 Å². The number of rotatable bonds is 8. The number of nitrogens with zero attached hydrogens (tertiary/aromatic N) is 3. The fraction of sp³-hybridized carbons (Fsp3) is 0.300. The van der Waals surface area contributed by atoms with E-state index in [-0.39, 0.29) is 24.1 Å². The number of hydrogen-bond donors (Lipinski definition) is 3. The zero-order chi connectivity index (χ0) is 28.9. The fourth-order valence-corrected chi connectivity index (χ4v) is 5.49. The van der Waals surface area contributed by atoms with Gasteiger partial charge in [-0.05, 0) is 86.0 Å². The third-order valence-electron chi connectivity index (χ3n) is 7.59. The molecule has 1 fully saturated rings. The van der Waals surface area contributed by atoms with Gasteiger partial charge in [-0.15, -0.1) is 0 Å². The van der Waals surface area contributed by atoms with Gasteiger partial charge in [-0.25, -0.2) is 9.69 Å².